The Balaban J connectivity index is 2.89. The Morgan fingerprint density at radius 2 is 1.86 bits per heavy atom. The first-order valence-corrected chi connectivity index (χ1v) is 4.92. The fraction of sp³-hybridized carbons (Fsp3) is 0.200. The lowest BCUT2D eigenvalue weighted by Gasteiger charge is -1.99. The third kappa shape index (κ3) is 2.98. The lowest BCUT2D eigenvalue weighted by Crippen LogP contribution is -1.94. The molecule has 0 aromatic heterocycles. The molecule has 0 unspecified atom stereocenters. The van der Waals surface area contributed by atoms with Crippen molar-refractivity contribution in [2.24, 2.45) is 5.73 Å². The predicted molar refractivity (Wildman–Crippen MR) is 59.1 cm³/mol. The fourth-order valence-corrected chi connectivity index (χ4v) is 1.49. The van der Waals surface area contributed by atoms with E-state index >= 15 is 0 Å². The summed E-state index contributed by atoms with van der Waals surface area (Å²) in [5.74, 6) is -0.579. The summed E-state index contributed by atoms with van der Waals surface area (Å²) in [6, 6.07) is 3.05. The summed E-state index contributed by atoms with van der Waals surface area (Å²) in [6.45, 7) is 0.582. The Kier molecular flexibility index (Phi) is 4.39. The molecule has 0 fully saturated rings. The first kappa shape index (κ1) is 11.5. The smallest absolute Gasteiger partial charge is 0.160 e. The number of nitrogens with two attached hydrogens (primary N) is 1. The van der Waals surface area contributed by atoms with Gasteiger partial charge in [0.1, 0.15) is 0 Å². The Morgan fingerprint density at radius 3 is 2.36 bits per heavy atom. The normalized spacial score (nSPS) is 11.1. The summed E-state index contributed by atoms with van der Waals surface area (Å²) in [6.07, 6.45) is 4.47. The standard InChI is InChI=1S/C10H10Cl2FN/c11-8-5-7(3-1-2-4-14)6-9(12)10(8)13/h1,3,5-6H,2,4,14H2. The Bertz CT molecular complexity index is 327. The van der Waals surface area contributed by atoms with Gasteiger partial charge in [-0.15, -0.1) is 0 Å². The van der Waals surface area contributed by atoms with Crippen molar-refractivity contribution in [1.82, 2.24) is 0 Å². The molecule has 0 bridgehead atoms. The van der Waals surface area contributed by atoms with Crippen molar-refractivity contribution in [2.45, 2.75) is 6.42 Å². The van der Waals surface area contributed by atoms with E-state index in [0.717, 1.165) is 12.0 Å². The van der Waals surface area contributed by atoms with Crippen LogP contribution in [0.4, 0.5) is 4.39 Å². The highest BCUT2D eigenvalue weighted by Gasteiger charge is 2.05. The third-order valence-electron chi connectivity index (χ3n) is 1.65. The van der Waals surface area contributed by atoms with Crippen molar-refractivity contribution in [3.8, 4) is 0 Å². The van der Waals surface area contributed by atoms with Crippen LogP contribution in [-0.2, 0) is 0 Å². The fourth-order valence-electron chi connectivity index (χ4n) is 0.987. The van der Waals surface area contributed by atoms with Crippen LogP contribution in [0.1, 0.15) is 12.0 Å². The monoisotopic (exact) mass is 233 g/mol. The molecule has 1 aromatic carbocycles. The molecule has 14 heavy (non-hydrogen) atoms. The molecule has 0 saturated heterocycles. The second-order valence-electron chi connectivity index (χ2n) is 2.78. The van der Waals surface area contributed by atoms with E-state index in [0.29, 0.717) is 6.54 Å². The largest absolute Gasteiger partial charge is 0.330 e. The van der Waals surface area contributed by atoms with Gasteiger partial charge in [-0.1, -0.05) is 35.4 Å². The second-order valence-corrected chi connectivity index (χ2v) is 3.59. The van der Waals surface area contributed by atoms with Crippen molar-refractivity contribution < 1.29 is 4.39 Å². The number of benzene rings is 1. The van der Waals surface area contributed by atoms with E-state index < -0.39 is 5.82 Å². The SMILES string of the molecule is NCCC=Cc1cc(Cl)c(F)c(Cl)c1. The zero-order chi connectivity index (χ0) is 10.6. The van der Waals surface area contributed by atoms with Gasteiger partial charge in [0.15, 0.2) is 5.82 Å². The highest BCUT2D eigenvalue weighted by molar-refractivity contribution is 6.35. The van der Waals surface area contributed by atoms with Crippen LogP contribution in [0.2, 0.25) is 10.0 Å². The zero-order valence-electron chi connectivity index (χ0n) is 7.43. The molecule has 1 nitrogen and oxygen atoms in total. The van der Waals surface area contributed by atoms with Crippen LogP contribution < -0.4 is 5.73 Å². The third-order valence-corrected chi connectivity index (χ3v) is 2.20. The van der Waals surface area contributed by atoms with E-state index in [1.54, 1.807) is 0 Å². The van der Waals surface area contributed by atoms with Crippen LogP contribution in [0.3, 0.4) is 0 Å². The van der Waals surface area contributed by atoms with Crippen molar-refractivity contribution in [3.05, 3.63) is 39.6 Å². The van der Waals surface area contributed by atoms with Gasteiger partial charge in [0.2, 0.25) is 0 Å². The summed E-state index contributed by atoms with van der Waals surface area (Å²) in [5.41, 5.74) is 6.09. The maximum absolute atomic E-state index is 13.0. The summed E-state index contributed by atoms with van der Waals surface area (Å²) >= 11 is 11.2. The summed E-state index contributed by atoms with van der Waals surface area (Å²) in [4.78, 5) is 0. The minimum atomic E-state index is -0.579. The molecule has 2 N–H and O–H groups in total. The second kappa shape index (κ2) is 5.35. The topological polar surface area (TPSA) is 26.0 Å². The predicted octanol–water partition coefficient (Wildman–Crippen LogP) is 3.49. The van der Waals surface area contributed by atoms with E-state index in [1.165, 1.54) is 12.1 Å². The van der Waals surface area contributed by atoms with Gasteiger partial charge < -0.3 is 5.73 Å². The van der Waals surface area contributed by atoms with Crippen LogP contribution in [0, 0.1) is 5.82 Å². The summed E-state index contributed by atoms with van der Waals surface area (Å²) in [5, 5.41) is 0.0646. The Morgan fingerprint density at radius 1 is 1.29 bits per heavy atom. The quantitative estimate of drug-likeness (QED) is 0.796. The van der Waals surface area contributed by atoms with Crippen LogP contribution in [0.5, 0.6) is 0 Å². The maximum Gasteiger partial charge on any atom is 0.160 e. The van der Waals surface area contributed by atoms with Gasteiger partial charge in [0, 0.05) is 0 Å². The van der Waals surface area contributed by atoms with E-state index in [2.05, 4.69) is 0 Å². The van der Waals surface area contributed by atoms with Gasteiger partial charge in [-0.25, -0.2) is 4.39 Å². The summed E-state index contributed by atoms with van der Waals surface area (Å²) < 4.78 is 13.0. The molecule has 0 aliphatic carbocycles. The highest BCUT2D eigenvalue weighted by Crippen LogP contribution is 2.25. The van der Waals surface area contributed by atoms with E-state index in [-0.39, 0.29) is 10.0 Å². The maximum atomic E-state index is 13.0. The lowest BCUT2D eigenvalue weighted by atomic mass is 10.2. The molecule has 0 amide bonds. The molecule has 0 saturated carbocycles. The number of hydrogen-bond donors (Lipinski definition) is 1. The number of halogens is 3. The van der Waals surface area contributed by atoms with Crippen LogP contribution in [0.25, 0.3) is 6.08 Å². The lowest BCUT2D eigenvalue weighted by molar-refractivity contribution is 0.628. The van der Waals surface area contributed by atoms with Gasteiger partial charge in [-0.05, 0) is 30.7 Å². The van der Waals surface area contributed by atoms with Crippen molar-refractivity contribution in [1.29, 1.82) is 0 Å². The van der Waals surface area contributed by atoms with Gasteiger partial charge in [-0.2, -0.15) is 0 Å². The molecule has 0 aliphatic rings. The zero-order valence-corrected chi connectivity index (χ0v) is 8.95. The average molecular weight is 234 g/mol. The van der Waals surface area contributed by atoms with E-state index in [1.807, 2.05) is 12.2 Å². The molecule has 0 atom stereocenters. The van der Waals surface area contributed by atoms with Gasteiger partial charge in [-0.3, -0.25) is 0 Å². The van der Waals surface area contributed by atoms with Crippen LogP contribution >= 0.6 is 23.2 Å². The van der Waals surface area contributed by atoms with E-state index in [9.17, 15) is 4.39 Å². The molecular formula is C10H10Cl2FN. The first-order valence-electron chi connectivity index (χ1n) is 4.16. The minimum absolute atomic E-state index is 0.0323. The van der Waals surface area contributed by atoms with Gasteiger partial charge >= 0.3 is 0 Å². The summed E-state index contributed by atoms with van der Waals surface area (Å²) in [7, 11) is 0. The van der Waals surface area contributed by atoms with E-state index in [4.69, 9.17) is 28.9 Å². The van der Waals surface area contributed by atoms with Gasteiger partial charge in [0.25, 0.3) is 0 Å². The highest BCUT2D eigenvalue weighted by atomic mass is 35.5. The van der Waals surface area contributed by atoms with Crippen molar-refractivity contribution in [2.75, 3.05) is 6.54 Å². The molecule has 1 aromatic rings. The van der Waals surface area contributed by atoms with Crippen LogP contribution in [-0.4, -0.2) is 6.54 Å². The first-order chi connectivity index (χ1) is 6.65. The molecule has 1 rings (SSSR count). The number of rotatable bonds is 3. The Labute approximate surface area is 92.3 Å². The Hall–Kier alpha value is -0.570. The average Bonchev–Trinajstić information content (AvgIpc) is 2.14. The molecular weight excluding hydrogens is 224 g/mol. The number of hydrogen-bond acceptors (Lipinski definition) is 1. The van der Waals surface area contributed by atoms with Gasteiger partial charge in [0.05, 0.1) is 10.0 Å². The molecule has 76 valence electrons. The molecule has 0 aliphatic heterocycles. The van der Waals surface area contributed by atoms with Crippen molar-refractivity contribution >= 4 is 29.3 Å². The molecule has 0 heterocycles. The minimum Gasteiger partial charge on any atom is -0.330 e. The molecule has 0 radical (unpaired) electrons. The van der Waals surface area contributed by atoms with Crippen LogP contribution in [0.15, 0.2) is 18.2 Å². The molecule has 0 spiro atoms. The van der Waals surface area contributed by atoms with Crippen molar-refractivity contribution in [3.63, 3.8) is 0 Å². The molecule has 4 heteroatoms.